The topological polar surface area (TPSA) is 84.3 Å². The molecule has 1 N–H and O–H groups in total. The molecular formula is C11H12NO4S. The Kier molecular flexibility index (Phi) is 4.14. The van der Waals surface area contributed by atoms with Crippen LogP contribution in [0.1, 0.15) is 5.56 Å². The molecule has 0 aliphatic rings. The maximum atomic E-state index is 11.7. The van der Waals surface area contributed by atoms with Crippen LogP contribution < -0.4 is 0 Å². The average Bonchev–Trinajstić information content (AvgIpc) is 2.26. The fourth-order valence-electron chi connectivity index (χ4n) is 1.07. The molecule has 0 fully saturated rings. The maximum Gasteiger partial charge on any atom is 0.298 e. The Bertz CT molecular complexity index is 519. The van der Waals surface area contributed by atoms with Crippen LogP contribution in [0.2, 0.25) is 0 Å². The quantitative estimate of drug-likeness (QED) is 0.630. The molecule has 1 aromatic rings. The van der Waals surface area contributed by atoms with Crippen LogP contribution in [0, 0.1) is 19.3 Å². The predicted molar refractivity (Wildman–Crippen MR) is 62.4 cm³/mol. The Balaban J connectivity index is 3.00. The first-order valence-corrected chi connectivity index (χ1v) is 6.14. The SMILES string of the molecule is [CH2]C(=O)C(C=N)OS(=O)(=O)c1ccc(C)cc1. The zero-order valence-electron chi connectivity index (χ0n) is 9.21. The van der Waals surface area contributed by atoms with Gasteiger partial charge < -0.3 is 5.41 Å². The van der Waals surface area contributed by atoms with Gasteiger partial charge in [-0.2, -0.15) is 8.42 Å². The third-order valence-electron chi connectivity index (χ3n) is 2.01. The first-order chi connectivity index (χ1) is 7.86. The minimum atomic E-state index is -4.05. The minimum absolute atomic E-state index is 0.0591. The first-order valence-electron chi connectivity index (χ1n) is 4.73. The molecule has 1 atom stereocenters. The van der Waals surface area contributed by atoms with Gasteiger partial charge >= 0.3 is 0 Å². The molecule has 0 aliphatic heterocycles. The van der Waals surface area contributed by atoms with Crippen molar-refractivity contribution in [1.29, 1.82) is 5.41 Å². The lowest BCUT2D eigenvalue weighted by molar-refractivity contribution is -0.118. The molecule has 5 nitrogen and oxygen atoms in total. The molecule has 1 radical (unpaired) electrons. The van der Waals surface area contributed by atoms with E-state index < -0.39 is 22.0 Å². The van der Waals surface area contributed by atoms with Crippen LogP contribution in [0.5, 0.6) is 0 Å². The minimum Gasteiger partial charge on any atom is -0.310 e. The van der Waals surface area contributed by atoms with Gasteiger partial charge in [0.05, 0.1) is 4.90 Å². The lowest BCUT2D eigenvalue weighted by Gasteiger charge is -2.10. The number of nitrogens with one attached hydrogen (secondary N) is 1. The summed E-state index contributed by atoms with van der Waals surface area (Å²) in [5.74, 6) is -0.782. The van der Waals surface area contributed by atoms with Crippen molar-refractivity contribution in [2.75, 3.05) is 0 Å². The smallest absolute Gasteiger partial charge is 0.298 e. The summed E-state index contributed by atoms with van der Waals surface area (Å²) in [6.45, 7) is 4.84. The van der Waals surface area contributed by atoms with Gasteiger partial charge in [-0.05, 0) is 19.1 Å². The highest BCUT2D eigenvalue weighted by atomic mass is 32.2. The third kappa shape index (κ3) is 3.47. The monoisotopic (exact) mass is 254 g/mol. The zero-order chi connectivity index (χ0) is 13.1. The molecule has 0 spiro atoms. The fraction of sp³-hybridized carbons (Fsp3) is 0.182. The van der Waals surface area contributed by atoms with Crippen LogP contribution in [0.3, 0.4) is 0 Å². The number of hydrogen-bond donors (Lipinski definition) is 1. The van der Waals surface area contributed by atoms with Crippen LogP contribution in [-0.4, -0.2) is 26.5 Å². The van der Waals surface area contributed by atoms with Crippen LogP contribution in [0.4, 0.5) is 0 Å². The number of Topliss-reactive ketones (excluding diaryl/α,β-unsaturated/α-hetero) is 1. The van der Waals surface area contributed by atoms with Crippen LogP contribution in [0.25, 0.3) is 0 Å². The Labute approximate surface area is 100 Å². The van der Waals surface area contributed by atoms with Crippen molar-refractivity contribution in [2.45, 2.75) is 17.9 Å². The van der Waals surface area contributed by atoms with Gasteiger partial charge in [-0.1, -0.05) is 17.7 Å². The van der Waals surface area contributed by atoms with Crippen molar-refractivity contribution < 1.29 is 17.4 Å². The van der Waals surface area contributed by atoms with Gasteiger partial charge in [-0.15, -0.1) is 0 Å². The highest BCUT2D eigenvalue weighted by Gasteiger charge is 2.23. The summed E-state index contributed by atoms with van der Waals surface area (Å²) >= 11 is 0. The van der Waals surface area contributed by atoms with Crippen LogP contribution in [-0.2, 0) is 19.1 Å². The Morgan fingerprint density at radius 1 is 1.41 bits per heavy atom. The fourth-order valence-corrected chi connectivity index (χ4v) is 2.09. The largest absolute Gasteiger partial charge is 0.310 e. The molecule has 6 heteroatoms. The van der Waals surface area contributed by atoms with E-state index in [1.165, 1.54) is 12.1 Å². The highest BCUT2D eigenvalue weighted by molar-refractivity contribution is 7.86. The van der Waals surface area contributed by atoms with E-state index in [4.69, 9.17) is 5.41 Å². The van der Waals surface area contributed by atoms with E-state index in [2.05, 4.69) is 11.1 Å². The van der Waals surface area contributed by atoms with Gasteiger partial charge in [-0.25, -0.2) is 4.18 Å². The van der Waals surface area contributed by atoms with Crippen molar-refractivity contribution in [3.63, 3.8) is 0 Å². The molecular weight excluding hydrogens is 242 g/mol. The van der Waals surface area contributed by atoms with Crippen molar-refractivity contribution >= 4 is 22.1 Å². The van der Waals surface area contributed by atoms with E-state index in [1.54, 1.807) is 12.1 Å². The maximum absolute atomic E-state index is 11.7. The number of aryl methyl sites for hydroxylation is 1. The van der Waals surface area contributed by atoms with Crippen molar-refractivity contribution in [3.8, 4) is 0 Å². The lowest BCUT2D eigenvalue weighted by atomic mass is 10.2. The van der Waals surface area contributed by atoms with Crippen LogP contribution >= 0.6 is 0 Å². The van der Waals surface area contributed by atoms with E-state index >= 15 is 0 Å². The van der Waals surface area contributed by atoms with Gasteiger partial charge in [0, 0.05) is 13.1 Å². The lowest BCUT2D eigenvalue weighted by Crippen LogP contribution is -2.26. The predicted octanol–water partition coefficient (Wildman–Crippen LogP) is 1.12. The standard InChI is InChI=1S/C11H12NO4S/c1-8-3-5-10(6-4-8)17(14,15)16-11(7-12)9(2)13/h3-7,11-12H,2H2,1H3. The highest BCUT2D eigenvalue weighted by Crippen LogP contribution is 2.14. The van der Waals surface area contributed by atoms with E-state index in [9.17, 15) is 13.2 Å². The molecule has 0 aromatic heterocycles. The van der Waals surface area contributed by atoms with Gasteiger partial charge in [-0.3, -0.25) is 4.79 Å². The average molecular weight is 254 g/mol. The number of ketones is 1. The van der Waals surface area contributed by atoms with E-state index in [0.29, 0.717) is 6.21 Å². The van der Waals surface area contributed by atoms with Gasteiger partial charge in [0.1, 0.15) is 0 Å². The molecule has 1 rings (SSSR count). The molecule has 0 amide bonds. The van der Waals surface area contributed by atoms with Crippen LogP contribution in [0.15, 0.2) is 29.2 Å². The summed E-state index contributed by atoms with van der Waals surface area (Å²) in [6.07, 6.45) is -0.873. The van der Waals surface area contributed by atoms with Gasteiger partial charge in [0.15, 0.2) is 11.9 Å². The Morgan fingerprint density at radius 2 is 1.94 bits per heavy atom. The molecule has 1 unspecified atom stereocenters. The van der Waals surface area contributed by atoms with E-state index in [0.717, 1.165) is 5.56 Å². The second-order valence-electron chi connectivity index (χ2n) is 3.42. The number of benzene rings is 1. The van der Waals surface area contributed by atoms with Crippen molar-refractivity contribution in [1.82, 2.24) is 0 Å². The molecule has 0 saturated carbocycles. The summed E-state index contributed by atoms with van der Waals surface area (Å²) < 4.78 is 28.0. The summed E-state index contributed by atoms with van der Waals surface area (Å²) in [6, 6.07) is 5.97. The van der Waals surface area contributed by atoms with Crippen molar-refractivity contribution in [3.05, 3.63) is 36.8 Å². The molecule has 17 heavy (non-hydrogen) atoms. The number of carbonyl (C=O) groups is 1. The summed E-state index contributed by atoms with van der Waals surface area (Å²) in [5, 5.41) is 6.89. The second kappa shape index (κ2) is 5.20. The number of carbonyl (C=O) groups excluding carboxylic acids is 1. The summed E-state index contributed by atoms with van der Waals surface area (Å²) in [7, 11) is -4.05. The molecule has 0 saturated heterocycles. The number of hydrogen-bond acceptors (Lipinski definition) is 5. The molecule has 1 aromatic carbocycles. The summed E-state index contributed by atoms with van der Waals surface area (Å²) in [4.78, 5) is 10.8. The zero-order valence-corrected chi connectivity index (χ0v) is 10.0. The van der Waals surface area contributed by atoms with Crippen molar-refractivity contribution in [2.24, 2.45) is 0 Å². The molecule has 0 aliphatic carbocycles. The first kappa shape index (κ1) is 13.5. The third-order valence-corrected chi connectivity index (χ3v) is 3.32. The van der Waals surface area contributed by atoms with Gasteiger partial charge in [0.25, 0.3) is 10.1 Å². The van der Waals surface area contributed by atoms with E-state index in [1.807, 2.05) is 6.92 Å². The summed E-state index contributed by atoms with van der Waals surface area (Å²) in [5.41, 5.74) is 0.904. The Morgan fingerprint density at radius 3 is 2.35 bits per heavy atom. The number of rotatable bonds is 5. The second-order valence-corrected chi connectivity index (χ2v) is 4.99. The molecule has 91 valence electrons. The Hall–Kier alpha value is -1.53. The van der Waals surface area contributed by atoms with E-state index in [-0.39, 0.29) is 4.90 Å². The van der Waals surface area contributed by atoms with Gasteiger partial charge in [0.2, 0.25) is 0 Å². The molecule has 0 heterocycles. The normalized spacial score (nSPS) is 13.1. The molecule has 0 bridgehead atoms.